The molecule has 10 heteroatoms. The number of carbonyl (C=O) groups excluding carboxylic acids is 1. The largest absolute Gasteiger partial charge is 0.387 e. The van der Waals surface area contributed by atoms with Crippen LogP contribution in [0.3, 0.4) is 0 Å². The van der Waals surface area contributed by atoms with Gasteiger partial charge in [0.1, 0.15) is 12.0 Å². The van der Waals surface area contributed by atoms with Crippen LogP contribution in [0.15, 0.2) is 42.9 Å². The SMILES string of the molecule is CC(C)(O)[C@H](F)CNC(=O)c1cnc(Nc2ccc3nccnc3c2)cc1NC1CCCOC1. The van der Waals surface area contributed by atoms with E-state index in [0.29, 0.717) is 24.7 Å². The topological polar surface area (TPSA) is 121 Å². The van der Waals surface area contributed by atoms with Crippen molar-refractivity contribution in [3.8, 4) is 0 Å². The van der Waals surface area contributed by atoms with Crippen LogP contribution in [0.5, 0.6) is 0 Å². The Hall–Kier alpha value is -3.37. The standard InChI is InChI=1S/C24H29FN6O3/c1-24(2,33)21(25)13-29-23(32)17-12-28-22(11-19(17)30-16-4-3-9-34-14-16)31-15-5-6-18-20(10-15)27-8-7-26-18/h5-8,10-12,16,21,33H,3-4,9,13-14H2,1-2H3,(H,29,32)(H2,28,30,31)/t16?,21-/m1/s1. The summed E-state index contributed by atoms with van der Waals surface area (Å²) in [5.74, 6) is 0.0463. The summed E-state index contributed by atoms with van der Waals surface area (Å²) >= 11 is 0. The van der Waals surface area contributed by atoms with Crippen LogP contribution >= 0.6 is 0 Å². The molecule has 1 unspecified atom stereocenters. The second-order valence-electron chi connectivity index (χ2n) is 8.89. The molecule has 2 atom stereocenters. The van der Waals surface area contributed by atoms with Gasteiger partial charge in [0.15, 0.2) is 0 Å². The fourth-order valence-electron chi connectivity index (χ4n) is 3.61. The van der Waals surface area contributed by atoms with Crippen LogP contribution in [-0.4, -0.2) is 63.5 Å². The van der Waals surface area contributed by atoms with Gasteiger partial charge in [-0.05, 0) is 44.9 Å². The van der Waals surface area contributed by atoms with Crippen molar-refractivity contribution in [2.45, 2.75) is 44.5 Å². The van der Waals surface area contributed by atoms with Gasteiger partial charge in [-0.25, -0.2) is 9.37 Å². The summed E-state index contributed by atoms with van der Waals surface area (Å²) in [6.07, 6.45) is 4.93. The highest BCUT2D eigenvalue weighted by Crippen LogP contribution is 2.25. The van der Waals surface area contributed by atoms with E-state index in [1.54, 1.807) is 18.5 Å². The molecule has 2 aromatic heterocycles. The van der Waals surface area contributed by atoms with Gasteiger partial charge in [0.25, 0.3) is 5.91 Å². The van der Waals surface area contributed by atoms with Gasteiger partial charge in [-0.15, -0.1) is 0 Å². The molecule has 4 rings (SSSR count). The molecule has 1 aromatic carbocycles. The number of ether oxygens (including phenoxy) is 1. The number of alkyl halides is 1. The number of benzene rings is 1. The van der Waals surface area contributed by atoms with Gasteiger partial charge in [-0.1, -0.05) is 0 Å². The molecule has 1 aliphatic heterocycles. The van der Waals surface area contributed by atoms with Crippen LogP contribution in [0.4, 0.5) is 21.6 Å². The highest BCUT2D eigenvalue weighted by Gasteiger charge is 2.27. The zero-order chi connectivity index (χ0) is 24.1. The van der Waals surface area contributed by atoms with Gasteiger partial charge >= 0.3 is 0 Å². The second kappa shape index (κ2) is 10.3. The Morgan fingerprint density at radius 3 is 2.76 bits per heavy atom. The average molecular weight is 469 g/mol. The number of hydrogen-bond donors (Lipinski definition) is 4. The summed E-state index contributed by atoms with van der Waals surface area (Å²) in [7, 11) is 0. The number of fused-ring (bicyclic) bond motifs is 1. The van der Waals surface area contributed by atoms with E-state index in [4.69, 9.17) is 4.74 Å². The van der Waals surface area contributed by atoms with Crippen LogP contribution < -0.4 is 16.0 Å². The van der Waals surface area contributed by atoms with Crippen molar-refractivity contribution in [2.75, 3.05) is 30.4 Å². The maximum Gasteiger partial charge on any atom is 0.255 e. The zero-order valence-electron chi connectivity index (χ0n) is 19.2. The van der Waals surface area contributed by atoms with Crippen molar-refractivity contribution in [1.29, 1.82) is 0 Å². The number of nitrogens with zero attached hydrogens (tertiary/aromatic N) is 3. The number of aromatic nitrogens is 3. The summed E-state index contributed by atoms with van der Waals surface area (Å²) in [4.78, 5) is 25.8. The predicted octanol–water partition coefficient (Wildman–Crippen LogP) is 3.20. The van der Waals surface area contributed by atoms with E-state index in [1.165, 1.54) is 20.0 Å². The first-order chi connectivity index (χ1) is 16.3. The summed E-state index contributed by atoms with van der Waals surface area (Å²) in [6, 6.07) is 7.38. The third-order valence-corrected chi connectivity index (χ3v) is 5.62. The van der Waals surface area contributed by atoms with Crippen LogP contribution in [0, 0.1) is 0 Å². The molecular formula is C24H29FN6O3. The highest BCUT2D eigenvalue weighted by molar-refractivity contribution is 6.00. The van der Waals surface area contributed by atoms with E-state index in [-0.39, 0.29) is 18.2 Å². The minimum atomic E-state index is -1.61. The molecule has 0 bridgehead atoms. The molecule has 0 radical (unpaired) electrons. The highest BCUT2D eigenvalue weighted by atomic mass is 19.1. The van der Waals surface area contributed by atoms with Crippen molar-refractivity contribution in [2.24, 2.45) is 0 Å². The van der Waals surface area contributed by atoms with E-state index >= 15 is 0 Å². The minimum absolute atomic E-state index is 0.0387. The maximum absolute atomic E-state index is 14.1. The lowest BCUT2D eigenvalue weighted by Crippen LogP contribution is -2.42. The molecule has 1 aliphatic rings. The van der Waals surface area contributed by atoms with Gasteiger partial charge in [-0.2, -0.15) is 0 Å². The first kappa shape index (κ1) is 23.8. The molecule has 34 heavy (non-hydrogen) atoms. The number of rotatable bonds is 8. The molecule has 3 aromatic rings. The number of halogens is 1. The van der Waals surface area contributed by atoms with E-state index in [1.807, 2.05) is 18.2 Å². The predicted molar refractivity (Wildman–Crippen MR) is 128 cm³/mol. The first-order valence-corrected chi connectivity index (χ1v) is 11.3. The Kier molecular flexibility index (Phi) is 7.18. The van der Waals surface area contributed by atoms with Gasteiger partial charge < -0.3 is 25.8 Å². The normalized spacial score (nSPS) is 17.2. The van der Waals surface area contributed by atoms with Crippen molar-refractivity contribution in [1.82, 2.24) is 20.3 Å². The lowest BCUT2D eigenvalue weighted by Gasteiger charge is -2.26. The lowest BCUT2D eigenvalue weighted by molar-refractivity contribution is -0.00177. The smallest absolute Gasteiger partial charge is 0.255 e. The molecule has 1 amide bonds. The monoisotopic (exact) mass is 468 g/mol. The maximum atomic E-state index is 14.1. The molecule has 1 saturated heterocycles. The lowest BCUT2D eigenvalue weighted by atomic mass is 10.0. The van der Waals surface area contributed by atoms with Gasteiger partial charge in [0.05, 0.1) is 41.0 Å². The first-order valence-electron chi connectivity index (χ1n) is 11.3. The number of nitrogens with one attached hydrogen (secondary N) is 3. The van der Waals surface area contributed by atoms with Crippen molar-refractivity contribution >= 4 is 34.1 Å². The molecule has 0 spiro atoms. The number of aliphatic hydroxyl groups is 1. The number of pyridine rings is 1. The molecule has 3 heterocycles. The molecular weight excluding hydrogens is 439 g/mol. The van der Waals surface area contributed by atoms with E-state index in [2.05, 4.69) is 30.9 Å². The van der Waals surface area contributed by atoms with E-state index < -0.39 is 17.7 Å². The Morgan fingerprint density at radius 2 is 2.03 bits per heavy atom. The van der Waals surface area contributed by atoms with Crippen LogP contribution in [0.25, 0.3) is 11.0 Å². The minimum Gasteiger partial charge on any atom is -0.387 e. The molecule has 4 N–H and O–H groups in total. The summed E-state index contributed by atoms with van der Waals surface area (Å²) in [5.41, 5.74) is 1.59. The molecule has 9 nitrogen and oxygen atoms in total. The van der Waals surface area contributed by atoms with E-state index in [9.17, 15) is 14.3 Å². The van der Waals surface area contributed by atoms with Crippen LogP contribution in [0.2, 0.25) is 0 Å². The fraction of sp³-hybridized carbons (Fsp3) is 0.417. The number of carbonyl (C=O) groups is 1. The quantitative estimate of drug-likeness (QED) is 0.398. The van der Waals surface area contributed by atoms with E-state index in [0.717, 1.165) is 29.6 Å². The Balaban J connectivity index is 1.55. The summed E-state index contributed by atoms with van der Waals surface area (Å²) < 4.78 is 19.7. The van der Waals surface area contributed by atoms with Gasteiger partial charge in [-0.3, -0.25) is 14.8 Å². The third-order valence-electron chi connectivity index (χ3n) is 5.62. The third kappa shape index (κ3) is 5.95. The summed E-state index contributed by atoms with van der Waals surface area (Å²) in [6.45, 7) is 3.65. The molecule has 0 saturated carbocycles. The number of amides is 1. The van der Waals surface area contributed by atoms with Crippen molar-refractivity contribution in [3.05, 3.63) is 48.4 Å². The number of hydrogen-bond acceptors (Lipinski definition) is 8. The Labute approximate surface area is 197 Å². The van der Waals surface area contributed by atoms with Gasteiger partial charge in [0, 0.05) is 43.0 Å². The summed E-state index contributed by atoms with van der Waals surface area (Å²) in [5, 5.41) is 19.0. The molecule has 0 aliphatic carbocycles. The fourth-order valence-corrected chi connectivity index (χ4v) is 3.61. The molecule has 1 fully saturated rings. The van der Waals surface area contributed by atoms with Crippen molar-refractivity contribution < 1.29 is 19.0 Å². The Bertz CT molecular complexity index is 1150. The molecule has 180 valence electrons. The van der Waals surface area contributed by atoms with Gasteiger partial charge in [0.2, 0.25) is 0 Å². The second-order valence-corrected chi connectivity index (χ2v) is 8.89. The number of anilines is 3. The van der Waals surface area contributed by atoms with Crippen molar-refractivity contribution in [3.63, 3.8) is 0 Å². The zero-order valence-corrected chi connectivity index (χ0v) is 19.2. The average Bonchev–Trinajstić information content (AvgIpc) is 2.82. The van der Waals surface area contributed by atoms with Crippen LogP contribution in [0.1, 0.15) is 37.0 Å². The Morgan fingerprint density at radius 1 is 1.24 bits per heavy atom. The van der Waals surface area contributed by atoms with Crippen LogP contribution in [-0.2, 0) is 4.74 Å².